The summed E-state index contributed by atoms with van der Waals surface area (Å²) >= 11 is 0. The standard InChI is InChI=1S/C18H19N5O2S/c1-26(24,25)18-7-6-15(23-8-4-2-3-5-9-23)10-16(18)22-17(13-21)14(11-19)12-20/h6-7,10,22H,2-5,8-9H2,1H3. The Labute approximate surface area is 153 Å². The molecule has 7 nitrogen and oxygen atoms in total. The van der Waals surface area contributed by atoms with Crippen LogP contribution in [0.4, 0.5) is 11.4 Å². The van der Waals surface area contributed by atoms with Crippen molar-refractivity contribution in [3.63, 3.8) is 0 Å². The fourth-order valence-electron chi connectivity index (χ4n) is 2.88. The zero-order chi connectivity index (χ0) is 19.2. The maximum Gasteiger partial charge on any atom is 0.177 e. The lowest BCUT2D eigenvalue weighted by molar-refractivity contribution is 0.602. The number of nitrogens with zero attached hydrogens (tertiary/aromatic N) is 4. The molecule has 0 unspecified atom stereocenters. The van der Waals surface area contributed by atoms with Gasteiger partial charge in [-0.15, -0.1) is 0 Å². The maximum atomic E-state index is 12.1. The van der Waals surface area contributed by atoms with Gasteiger partial charge < -0.3 is 10.2 Å². The minimum absolute atomic E-state index is 0.0130. The third-order valence-corrected chi connectivity index (χ3v) is 5.33. The van der Waals surface area contributed by atoms with Crippen molar-refractivity contribution in [1.29, 1.82) is 15.8 Å². The van der Waals surface area contributed by atoms with Crippen molar-refractivity contribution in [1.82, 2.24) is 0 Å². The van der Waals surface area contributed by atoms with E-state index in [0.717, 1.165) is 50.7 Å². The number of nitrogens with one attached hydrogen (secondary N) is 1. The molecule has 0 atom stereocenters. The maximum absolute atomic E-state index is 12.1. The van der Waals surface area contributed by atoms with Crippen molar-refractivity contribution >= 4 is 21.2 Å². The van der Waals surface area contributed by atoms with Crippen LogP contribution in [0.2, 0.25) is 0 Å². The first-order valence-corrected chi connectivity index (χ1v) is 10.1. The van der Waals surface area contributed by atoms with Crippen LogP contribution in [-0.2, 0) is 9.84 Å². The van der Waals surface area contributed by atoms with Crippen LogP contribution in [0.5, 0.6) is 0 Å². The molecule has 1 aromatic carbocycles. The van der Waals surface area contributed by atoms with E-state index in [1.54, 1.807) is 30.3 Å². The average molecular weight is 369 g/mol. The van der Waals surface area contributed by atoms with Gasteiger partial charge in [0, 0.05) is 25.0 Å². The van der Waals surface area contributed by atoms with Gasteiger partial charge in [0.1, 0.15) is 23.9 Å². The van der Waals surface area contributed by atoms with Gasteiger partial charge in [0.25, 0.3) is 0 Å². The molecule has 134 valence electrons. The van der Waals surface area contributed by atoms with Crippen LogP contribution in [-0.4, -0.2) is 27.8 Å². The molecular formula is C18H19N5O2S. The minimum atomic E-state index is -3.56. The lowest BCUT2D eigenvalue weighted by atomic mass is 10.2. The molecule has 1 aromatic rings. The molecule has 1 fully saturated rings. The Bertz CT molecular complexity index is 921. The first kappa shape index (κ1) is 19.3. The zero-order valence-corrected chi connectivity index (χ0v) is 15.3. The van der Waals surface area contributed by atoms with E-state index in [1.807, 2.05) is 0 Å². The summed E-state index contributed by atoms with van der Waals surface area (Å²) in [6.45, 7) is 1.75. The number of benzene rings is 1. The molecule has 0 bridgehead atoms. The van der Waals surface area contributed by atoms with Gasteiger partial charge in [-0.2, -0.15) is 15.8 Å². The monoisotopic (exact) mass is 369 g/mol. The van der Waals surface area contributed by atoms with E-state index in [-0.39, 0.29) is 16.3 Å². The van der Waals surface area contributed by atoms with Crippen LogP contribution in [0.1, 0.15) is 25.7 Å². The van der Waals surface area contributed by atoms with Crippen LogP contribution in [0, 0.1) is 34.0 Å². The van der Waals surface area contributed by atoms with Gasteiger partial charge in [-0.3, -0.25) is 0 Å². The van der Waals surface area contributed by atoms with Gasteiger partial charge in [-0.25, -0.2) is 8.42 Å². The second-order valence-corrected chi connectivity index (χ2v) is 8.05. The Kier molecular flexibility index (Phi) is 6.22. The van der Waals surface area contributed by atoms with Gasteiger partial charge in [-0.05, 0) is 31.0 Å². The fourth-order valence-corrected chi connectivity index (χ4v) is 3.71. The lowest BCUT2D eigenvalue weighted by Gasteiger charge is -2.24. The van der Waals surface area contributed by atoms with Crippen molar-refractivity contribution in [2.45, 2.75) is 30.6 Å². The van der Waals surface area contributed by atoms with E-state index in [4.69, 9.17) is 10.5 Å². The SMILES string of the molecule is CS(=O)(=O)c1ccc(N2CCCCCC2)cc1NC(C#N)=C(C#N)C#N. The van der Waals surface area contributed by atoms with Gasteiger partial charge in [0.05, 0.1) is 10.6 Å². The summed E-state index contributed by atoms with van der Waals surface area (Å²) in [5.74, 6) is 0. The normalized spacial score (nSPS) is 14.3. The predicted molar refractivity (Wildman–Crippen MR) is 97.7 cm³/mol. The van der Waals surface area contributed by atoms with Crippen molar-refractivity contribution < 1.29 is 8.42 Å². The molecule has 0 aliphatic carbocycles. The van der Waals surface area contributed by atoms with Gasteiger partial charge in [-0.1, -0.05) is 12.8 Å². The van der Waals surface area contributed by atoms with Crippen LogP contribution < -0.4 is 10.2 Å². The van der Waals surface area contributed by atoms with Crippen molar-refractivity contribution in [3.05, 3.63) is 29.5 Å². The number of hydrogen-bond donors (Lipinski definition) is 1. The predicted octanol–water partition coefficient (Wildman–Crippen LogP) is 2.71. The highest BCUT2D eigenvalue weighted by molar-refractivity contribution is 7.90. The fraction of sp³-hybridized carbons (Fsp3) is 0.389. The molecule has 2 rings (SSSR count). The van der Waals surface area contributed by atoms with Crippen molar-refractivity contribution in [2.75, 3.05) is 29.6 Å². The smallest absolute Gasteiger partial charge is 0.177 e. The van der Waals surface area contributed by atoms with Crippen LogP contribution >= 0.6 is 0 Å². The van der Waals surface area contributed by atoms with Crippen molar-refractivity contribution in [3.8, 4) is 18.2 Å². The molecule has 1 aliphatic heterocycles. The Hall–Kier alpha value is -3.02. The number of hydrogen-bond acceptors (Lipinski definition) is 7. The topological polar surface area (TPSA) is 121 Å². The van der Waals surface area contributed by atoms with Crippen LogP contribution in [0.15, 0.2) is 34.4 Å². The second-order valence-electron chi connectivity index (χ2n) is 6.06. The summed E-state index contributed by atoms with van der Waals surface area (Å²) in [6.07, 6.45) is 5.53. The zero-order valence-electron chi connectivity index (χ0n) is 14.5. The second kappa shape index (κ2) is 8.38. The summed E-state index contributed by atoms with van der Waals surface area (Å²) in [6, 6.07) is 9.94. The number of anilines is 2. The van der Waals surface area contributed by atoms with Gasteiger partial charge >= 0.3 is 0 Å². The van der Waals surface area contributed by atoms with Crippen LogP contribution in [0.25, 0.3) is 0 Å². The molecule has 1 heterocycles. The summed E-state index contributed by atoms with van der Waals surface area (Å²) in [7, 11) is -3.56. The molecule has 8 heteroatoms. The molecule has 0 aromatic heterocycles. The first-order valence-electron chi connectivity index (χ1n) is 8.21. The Morgan fingerprint density at radius 2 is 1.65 bits per heavy atom. The first-order chi connectivity index (χ1) is 12.4. The molecule has 0 saturated carbocycles. The summed E-state index contributed by atoms with van der Waals surface area (Å²) in [4.78, 5) is 2.19. The highest BCUT2D eigenvalue weighted by Crippen LogP contribution is 2.30. The molecule has 0 spiro atoms. The molecular weight excluding hydrogens is 350 g/mol. The largest absolute Gasteiger partial charge is 0.371 e. The van der Waals surface area contributed by atoms with E-state index >= 15 is 0 Å². The third kappa shape index (κ3) is 4.53. The van der Waals surface area contributed by atoms with Gasteiger partial charge in [0.2, 0.25) is 0 Å². The number of allylic oxidation sites excluding steroid dienone is 2. The highest BCUT2D eigenvalue weighted by Gasteiger charge is 2.19. The Morgan fingerprint density at radius 3 is 2.15 bits per heavy atom. The molecule has 26 heavy (non-hydrogen) atoms. The number of sulfone groups is 1. The van der Waals surface area contributed by atoms with E-state index in [0.29, 0.717) is 0 Å². The molecule has 0 amide bonds. The van der Waals surface area contributed by atoms with E-state index in [1.165, 1.54) is 6.07 Å². The summed E-state index contributed by atoms with van der Waals surface area (Å²) < 4.78 is 24.2. The van der Waals surface area contributed by atoms with Crippen LogP contribution in [0.3, 0.4) is 0 Å². The van der Waals surface area contributed by atoms with Gasteiger partial charge in [0.15, 0.2) is 15.4 Å². The van der Waals surface area contributed by atoms with E-state index in [2.05, 4.69) is 10.2 Å². The molecule has 1 saturated heterocycles. The third-order valence-electron chi connectivity index (χ3n) is 4.18. The molecule has 1 aliphatic rings. The minimum Gasteiger partial charge on any atom is -0.371 e. The average Bonchev–Trinajstić information content (AvgIpc) is 2.90. The Morgan fingerprint density at radius 1 is 1.04 bits per heavy atom. The Balaban J connectivity index is 2.52. The molecule has 1 N–H and O–H groups in total. The number of nitriles is 3. The molecule has 0 radical (unpaired) electrons. The quantitative estimate of drug-likeness (QED) is 0.810. The van der Waals surface area contributed by atoms with E-state index in [9.17, 15) is 13.7 Å². The summed E-state index contributed by atoms with van der Waals surface area (Å²) in [5.41, 5.74) is 0.364. The summed E-state index contributed by atoms with van der Waals surface area (Å²) in [5, 5.41) is 29.9. The lowest BCUT2D eigenvalue weighted by Crippen LogP contribution is -2.24. The number of rotatable bonds is 4. The highest BCUT2D eigenvalue weighted by atomic mass is 32.2. The van der Waals surface area contributed by atoms with Crippen molar-refractivity contribution in [2.24, 2.45) is 0 Å². The van der Waals surface area contributed by atoms with E-state index < -0.39 is 15.4 Å².